The number of hydrogen-bond donors (Lipinski definition) is 8. The van der Waals surface area contributed by atoms with E-state index in [1.165, 1.54) is 25.7 Å². The maximum absolute atomic E-state index is 13.0. The zero-order valence-corrected chi connectivity index (χ0v) is 26.8. The van der Waals surface area contributed by atoms with E-state index in [4.69, 9.17) is 5.73 Å². The molecule has 9 N–H and O–H groups in total. The number of rotatable bonds is 16. The minimum Gasteiger partial charge on any atom is -0.480 e. The van der Waals surface area contributed by atoms with Crippen molar-refractivity contribution in [3.63, 3.8) is 0 Å². The van der Waals surface area contributed by atoms with Gasteiger partial charge >= 0.3 is 12.0 Å². The Labute approximate surface area is 251 Å². The van der Waals surface area contributed by atoms with Crippen LogP contribution in [0, 0.1) is 17.8 Å². The zero-order valence-electron chi connectivity index (χ0n) is 26.8. The molecule has 0 aliphatic heterocycles. The van der Waals surface area contributed by atoms with Crippen LogP contribution in [0.3, 0.4) is 0 Å². The lowest BCUT2D eigenvalue weighted by Crippen LogP contribution is -2.63. The fraction of sp³-hybridized carbons (Fsp3) is 0.867. The molecule has 242 valence electrons. The molecular formula is C30H57N7O5. The number of urea groups is 1. The van der Waals surface area contributed by atoms with Gasteiger partial charge in [0, 0.05) is 17.1 Å². The molecule has 3 aliphatic rings. The number of fused-ring (bicyclic) bond motifs is 5. The molecule has 12 nitrogen and oxygen atoms in total. The number of amides is 4. The van der Waals surface area contributed by atoms with Gasteiger partial charge in [-0.2, -0.15) is 0 Å². The zero-order chi connectivity index (χ0) is 31.7. The summed E-state index contributed by atoms with van der Waals surface area (Å²) in [5, 5.41) is 27.4. The third kappa shape index (κ3) is 10.1. The van der Waals surface area contributed by atoms with Gasteiger partial charge in [-0.3, -0.25) is 9.59 Å². The summed E-state index contributed by atoms with van der Waals surface area (Å²) in [6.07, 6.45) is 7.20. The summed E-state index contributed by atoms with van der Waals surface area (Å²) in [4.78, 5) is 49.4. The van der Waals surface area contributed by atoms with Crippen molar-refractivity contribution >= 4 is 23.8 Å². The van der Waals surface area contributed by atoms with Crippen LogP contribution < -0.4 is 37.6 Å². The van der Waals surface area contributed by atoms with E-state index in [9.17, 15) is 24.3 Å². The molecule has 4 amide bonds. The van der Waals surface area contributed by atoms with Crippen molar-refractivity contribution in [1.82, 2.24) is 31.9 Å². The topological polar surface area (TPSA) is 187 Å². The second-order valence-corrected chi connectivity index (χ2v) is 13.5. The third-order valence-corrected chi connectivity index (χ3v) is 9.51. The van der Waals surface area contributed by atoms with E-state index in [0.717, 1.165) is 31.7 Å². The molecule has 3 rings (SSSR count). The van der Waals surface area contributed by atoms with Crippen LogP contribution in [0.2, 0.25) is 0 Å². The highest BCUT2D eigenvalue weighted by Crippen LogP contribution is 2.50. The second-order valence-electron chi connectivity index (χ2n) is 13.5. The van der Waals surface area contributed by atoms with E-state index in [1.807, 2.05) is 27.7 Å². The smallest absolute Gasteiger partial charge is 0.326 e. The van der Waals surface area contributed by atoms with Crippen LogP contribution in [-0.2, 0) is 14.4 Å². The highest BCUT2D eigenvalue weighted by atomic mass is 16.4. The molecule has 3 aliphatic carbocycles. The molecule has 3 unspecified atom stereocenters. The van der Waals surface area contributed by atoms with Gasteiger partial charge in [0.15, 0.2) is 6.17 Å². The molecule has 0 aromatic rings. The van der Waals surface area contributed by atoms with Gasteiger partial charge in [0.05, 0.1) is 6.04 Å². The lowest BCUT2D eigenvalue weighted by atomic mass is 9.57. The maximum atomic E-state index is 13.0. The van der Waals surface area contributed by atoms with Gasteiger partial charge in [-0.15, -0.1) is 0 Å². The van der Waals surface area contributed by atoms with Crippen molar-refractivity contribution in [3.05, 3.63) is 0 Å². The van der Waals surface area contributed by atoms with Crippen LogP contribution in [0.1, 0.15) is 99.3 Å². The fourth-order valence-electron chi connectivity index (χ4n) is 6.63. The van der Waals surface area contributed by atoms with E-state index in [0.29, 0.717) is 12.3 Å². The number of carboxylic acid groups (broad SMARTS) is 1. The van der Waals surface area contributed by atoms with Crippen LogP contribution in [0.15, 0.2) is 0 Å². The standard InChI is InChI=1S/C30H57N7O5/c1-18(2)23(34-19(3)4)25(38)36-24(37-28(31)42)26(39)35-22(27(40)41)12-8-9-16-33-29(5)14-10-11-20-17-21(13-15-29)30(20,6)32-7/h18-24,32-34H,8-17H2,1-7H3,(H,35,39)(H,36,38)(H,40,41)(H3,31,37,42)/t20?,21-,22+,23+,24?,29?,30+/m1/s1. The van der Waals surface area contributed by atoms with E-state index >= 15 is 0 Å². The number of aliphatic carboxylic acids is 1. The summed E-state index contributed by atoms with van der Waals surface area (Å²) in [5.74, 6) is -1.18. The number of primary amides is 1. The van der Waals surface area contributed by atoms with Crippen LogP contribution in [0.4, 0.5) is 4.79 Å². The number of nitrogens with two attached hydrogens (primary N) is 1. The van der Waals surface area contributed by atoms with Crippen molar-refractivity contribution in [3.8, 4) is 0 Å². The molecular weight excluding hydrogens is 538 g/mol. The van der Waals surface area contributed by atoms with E-state index < -0.39 is 42.1 Å². The summed E-state index contributed by atoms with van der Waals surface area (Å²) in [7, 11) is 2.08. The molecule has 3 fully saturated rings. The number of carboxylic acids is 1. The maximum Gasteiger partial charge on any atom is 0.326 e. The van der Waals surface area contributed by atoms with Crippen molar-refractivity contribution in [1.29, 1.82) is 0 Å². The second kappa shape index (κ2) is 15.9. The monoisotopic (exact) mass is 595 g/mol. The number of nitrogens with one attached hydrogen (secondary N) is 6. The largest absolute Gasteiger partial charge is 0.480 e. The quantitative estimate of drug-likeness (QED) is 0.0980. The predicted molar refractivity (Wildman–Crippen MR) is 164 cm³/mol. The highest BCUT2D eigenvalue weighted by molar-refractivity contribution is 5.93. The molecule has 0 aromatic heterocycles. The first-order valence-corrected chi connectivity index (χ1v) is 15.7. The van der Waals surface area contributed by atoms with E-state index in [1.54, 1.807) is 0 Å². The molecule has 0 radical (unpaired) electrons. The Morgan fingerprint density at radius 2 is 1.60 bits per heavy atom. The van der Waals surface area contributed by atoms with Gasteiger partial charge in [-0.1, -0.05) is 34.1 Å². The van der Waals surface area contributed by atoms with Crippen molar-refractivity contribution in [2.45, 2.75) is 135 Å². The summed E-state index contributed by atoms with van der Waals surface area (Å²) in [6.45, 7) is 12.9. The Morgan fingerprint density at radius 1 is 0.929 bits per heavy atom. The van der Waals surface area contributed by atoms with E-state index in [2.05, 4.69) is 52.8 Å². The Balaban J connectivity index is 1.88. The lowest BCUT2D eigenvalue weighted by Gasteiger charge is -2.55. The van der Waals surface area contributed by atoms with Crippen molar-refractivity contribution in [2.75, 3.05) is 13.6 Å². The number of hydrogen-bond acceptors (Lipinski definition) is 7. The molecule has 0 aromatic carbocycles. The fourth-order valence-corrected chi connectivity index (χ4v) is 6.63. The minimum atomic E-state index is -1.51. The van der Waals surface area contributed by atoms with Gasteiger partial charge < -0.3 is 42.7 Å². The average molecular weight is 596 g/mol. The molecule has 0 spiro atoms. The van der Waals surface area contributed by atoms with E-state index in [-0.39, 0.29) is 29.5 Å². The van der Waals surface area contributed by atoms with Gasteiger partial charge in [-0.05, 0) is 96.6 Å². The summed E-state index contributed by atoms with van der Waals surface area (Å²) in [5.41, 5.74) is 5.53. The first-order valence-electron chi connectivity index (χ1n) is 15.7. The SMILES string of the molecule is CN[C@@]1(C)C2CCCC(C)(NCCCC[C@H](NC(=O)C(NC(N)=O)NC(=O)[C@@H](NC(C)C)C(C)C)C(=O)O)CC[C@@H]1C2. The Morgan fingerprint density at radius 3 is 2.17 bits per heavy atom. The third-order valence-electron chi connectivity index (χ3n) is 9.51. The van der Waals surface area contributed by atoms with Crippen LogP contribution in [0.5, 0.6) is 0 Å². The lowest BCUT2D eigenvalue weighted by molar-refractivity contribution is -0.142. The summed E-state index contributed by atoms with van der Waals surface area (Å²) in [6, 6.07) is -2.81. The molecule has 0 heterocycles. The number of unbranched alkanes of at least 4 members (excludes halogenated alkanes) is 1. The summed E-state index contributed by atoms with van der Waals surface area (Å²) >= 11 is 0. The average Bonchev–Trinajstić information content (AvgIpc) is 3.01. The molecule has 3 saturated carbocycles. The van der Waals surface area contributed by atoms with Gasteiger partial charge in [-0.25, -0.2) is 9.59 Å². The minimum absolute atomic E-state index is 0.00396. The van der Waals surface area contributed by atoms with Crippen molar-refractivity contribution in [2.24, 2.45) is 23.5 Å². The predicted octanol–water partition coefficient (Wildman–Crippen LogP) is 1.79. The molecule has 7 atom stereocenters. The van der Waals surface area contributed by atoms with Gasteiger partial charge in [0.1, 0.15) is 6.04 Å². The highest BCUT2D eigenvalue weighted by Gasteiger charge is 2.50. The normalized spacial score (nSPS) is 27.9. The van der Waals surface area contributed by atoms with Crippen LogP contribution >= 0.6 is 0 Å². The Kier molecular flexibility index (Phi) is 13.5. The van der Waals surface area contributed by atoms with Crippen molar-refractivity contribution < 1.29 is 24.3 Å². The Hall–Kier alpha value is -2.44. The molecule has 0 saturated heterocycles. The molecule has 42 heavy (non-hydrogen) atoms. The number of carbonyl (C=O) groups is 4. The molecule has 12 heteroatoms. The molecule has 2 bridgehead atoms. The number of carbonyl (C=O) groups excluding carboxylic acids is 3. The summed E-state index contributed by atoms with van der Waals surface area (Å²) < 4.78 is 0. The Bertz CT molecular complexity index is 932. The van der Waals surface area contributed by atoms with Gasteiger partial charge in [0.2, 0.25) is 5.91 Å². The van der Waals surface area contributed by atoms with Crippen LogP contribution in [0.25, 0.3) is 0 Å². The van der Waals surface area contributed by atoms with Gasteiger partial charge in [0.25, 0.3) is 5.91 Å². The first kappa shape index (κ1) is 35.8. The first-order chi connectivity index (χ1) is 19.6. The van der Waals surface area contributed by atoms with Crippen LogP contribution in [-0.4, -0.2) is 77.9 Å².